The van der Waals surface area contributed by atoms with Crippen molar-refractivity contribution in [2.75, 3.05) is 42.2 Å². The quantitative estimate of drug-likeness (QED) is 0.218. The fourth-order valence-electron chi connectivity index (χ4n) is 4.03. The number of pyridine rings is 1. The van der Waals surface area contributed by atoms with Gasteiger partial charge in [-0.15, -0.1) is 0 Å². The Kier molecular flexibility index (Phi) is 9.69. The first-order valence-electron chi connectivity index (χ1n) is 13.7. The molecule has 0 bridgehead atoms. The lowest BCUT2D eigenvalue weighted by Crippen LogP contribution is -2.41. The van der Waals surface area contributed by atoms with Crippen LogP contribution in [0.2, 0.25) is 0 Å². The molecule has 2 aromatic heterocycles. The molecule has 4 rings (SSSR count). The van der Waals surface area contributed by atoms with Gasteiger partial charge in [0.15, 0.2) is 0 Å². The number of aliphatic hydroxyl groups is 1. The van der Waals surface area contributed by atoms with E-state index in [1.165, 1.54) is 18.4 Å². The van der Waals surface area contributed by atoms with Gasteiger partial charge in [0, 0.05) is 56.8 Å². The molecule has 0 aliphatic carbocycles. The van der Waals surface area contributed by atoms with Crippen LogP contribution in [-0.4, -0.2) is 65.9 Å². The zero-order valence-corrected chi connectivity index (χ0v) is 25.7. The van der Waals surface area contributed by atoms with Crippen LogP contribution in [0.1, 0.15) is 32.9 Å². The number of nitrogens with one attached hydrogen (secondary N) is 2. The number of benzene rings is 2. The molecule has 0 saturated carbocycles. The van der Waals surface area contributed by atoms with Crippen molar-refractivity contribution in [3.8, 4) is 17.2 Å². The molecule has 0 fully saturated rings. The average Bonchev–Trinajstić information content (AvgIpc) is 3.39. The van der Waals surface area contributed by atoms with Gasteiger partial charge in [-0.25, -0.2) is 9.48 Å². The zero-order valence-electron chi connectivity index (χ0n) is 24.9. The summed E-state index contributed by atoms with van der Waals surface area (Å²) in [4.78, 5) is 17.1. The number of hydrogen-bond donors (Lipinski definition) is 3. The number of hydrogen-bond acceptors (Lipinski definition) is 7. The highest BCUT2D eigenvalue weighted by atomic mass is 32.2. The van der Waals surface area contributed by atoms with E-state index in [0.29, 0.717) is 34.4 Å². The van der Waals surface area contributed by atoms with Crippen molar-refractivity contribution in [1.82, 2.24) is 19.1 Å². The highest BCUT2D eigenvalue weighted by molar-refractivity contribution is 7.90. The molecule has 0 atom stereocenters. The van der Waals surface area contributed by atoms with Gasteiger partial charge >= 0.3 is 16.2 Å². The third kappa shape index (κ3) is 7.89. The van der Waals surface area contributed by atoms with Crippen LogP contribution in [-0.2, 0) is 15.6 Å². The third-order valence-corrected chi connectivity index (χ3v) is 8.21. The standard InChI is InChI=1S/C30H37N7O5S/c1-30(2,3)27-21-28(33-29(39)32-22-10-12-25(13-11-22)42-26-14-16-31-17-15-26)37(34-27)24-9-6-8-23(20-24)36(18-7-19-38)43(40,41)35(4)5/h6,8-17,20-21,38H,7,18-19H2,1-5H3,(H2,32,33,39). The molecule has 4 aromatic rings. The number of carbonyl (C=O) groups is 1. The summed E-state index contributed by atoms with van der Waals surface area (Å²) in [7, 11) is -0.922. The minimum atomic E-state index is -3.83. The van der Waals surface area contributed by atoms with E-state index in [2.05, 4.69) is 15.6 Å². The van der Waals surface area contributed by atoms with Crippen molar-refractivity contribution in [2.24, 2.45) is 0 Å². The van der Waals surface area contributed by atoms with Crippen molar-refractivity contribution >= 4 is 33.4 Å². The fraction of sp³-hybridized carbons (Fsp3) is 0.300. The van der Waals surface area contributed by atoms with E-state index in [4.69, 9.17) is 9.84 Å². The van der Waals surface area contributed by atoms with Crippen molar-refractivity contribution in [3.63, 3.8) is 0 Å². The van der Waals surface area contributed by atoms with E-state index in [9.17, 15) is 18.3 Å². The molecule has 0 radical (unpaired) electrons. The van der Waals surface area contributed by atoms with Gasteiger partial charge < -0.3 is 15.2 Å². The Hall–Kier alpha value is -4.46. The first-order valence-corrected chi connectivity index (χ1v) is 15.1. The van der Waals surface area contributed by atoms with Crippen molar-refractivity contribution in [3.05, 3.63) is 84.8 Å². The number of rotatable bonds is 11. The maximum Gasteiger partial charge on any atom is 0.324 e. The van der Waals surface area contributed by atoms with Crippen molar-refractivity contribution in [1.29, 1.82) is 0 Å². The van der Waals surface area contributed by atoms with Crippen molar-refractivity contribution in [2.45, 2.75) is 32.6 Å². The van der Waals surface area contributed by atoms with E-state index in [1.807, 2.05) is 20.8 Å². The number of ether oxygens (including phenoxy) is 1. The summed E-state index contributed by atoms with van der Waals surface area (Å²) < 4.78 is 35.9. The number of urea groups is 1. The number of amides is 2. The molecule has 0 saturated heterocycles. The Morgan fingerprint density at radius 1 is 0.977 bits per heavy atom. The van der Waals surface area contributed by atoms with Crippen LogP contribution in [0.4, 0.5) is 22.0 Å². The molecule has 0 unspecified atom stereocenters. The Bertz CT molecular complexity index is 1630. The SMILES string of the molecule is CN(C)S(=O)(=O)N(CCCO)c1cccc(-n2nc(C(C)(C)C)cc2NC(=O)Nc2ccc(Oc3ccncc3)cc2)c1. The minimum Gasteiger partial charge on any atom is -0.457 e. The Labute approximate surface area is 252 Å². The predicted octanol–water partition coefficient (Wildman–Crippen LogP) is 5.00. The molecule has 3 N–H and O–H groups in total. The molecule has 2 aromatic carbocycles. The molecule has 228 valence electrons. The lowest BCUT2D eigenvalue weighted by molar-refractivity contribution is 0.262. The van der Waals surface area contributed by atoms with Gasteiger partial charge in [-0.1, -0.05) is 26.8 Å². The molecule has 0 aliphatic rings. The Morgan fingerprint density at radius 2 is 1.65 bits per heavy atom. The number of aromatic nitrogens is 3. The number of anilines is 3. The van der Waals surface area contributed by atoms with Gasteiger partial charge in [0.2, 0.25) is 0 Å². The summed E-state index contributed by atoms with van der Waals surface area (Å²) in [5, 5.41) is 19.8. The van der Waals surface area contributed by atoms with Crippen LogP contribution >= 0.6 is 0 Å². The Balaban J connectivity index is 1.59. The molecule has 0 aliphatic heterocycles. The first-order chi connectivity index (χ1) is 20.4. The van der Waals surface area contributed by atoms with E-state index in [0.717, 1.165) is 10.00 Å². The lowest BCUT2D eigenvalue weighted by atomic mass is 9.92. The average molecular weight is 608 g/mol. The first kappa shape index (κ1) is 31.5. The minimum absolute atomic E-state index is 0.0900. The van der Waals surface area contributed by atoms with Crippen LogP contribution in [0.5, 0.6) is 11.5 Å². The van der Waals surface area contributed by atoms with Crippen LogP contribution in [0.3, 0.4) is 0 Å². The summed E-state index contributed by atoms with van der Waals surface area (Å²) >= 11 is 0. The molecule has 2 heterocycles. The fourth-order valence-corrected chi connectivity index (χ4v) is 5.16. The highest BCUT2D eigenvalue weighted by Crippen LogP contribution is 2.29. The topological polar surface area (TPSA) is 142 Å². The van der Waals surface area contributed by atoms with Crippen molar-refractivity contribution < 1.29 is 23.1 Å². The van der Waals surface area contributed by atoms with E-state index in [-0.39, 0.29) is 25.0 Å². The van der Waals surface area contributed by atoms with Crippen LogP contribution in [0.25, 0.3) is 5.69 Å². The van der Waals surface area contributed by atoms with E-state index in [1.54, 1.807) is 83.8 Å². The molecule has 0 spiro atoms. The Morgan fingerprint density at radius 3 is 2.28 bits per heavy atom. The molecular weight excluding hydrogens is 570 g/mol. The normalized spacial score (nSPS) is 11.8. The van der Waals surface area contributed by atoms with Crippen LogP contribution in [0, 0.1) is 0 Å². The summed E-state index contributed by atoms with van der Waals surface area (Å²) in [6.07, 6.45) is 3.54. The van der Waals surface area contributed by atoms with Gasteiger partial charge in [0.05, 0.1) is 17.1 Å². The van der Waals surface area contributed by atoms with Gasteiger partial charge in [0.25, 0.3) is 0 Å². The van der Waals surface area contributed by atoms with Gasteiger partial charge in [-0.2, -0.15) is 17.8 Å². The van der Waals surface area contributed by atoms with E-state index >= 15 is 0 Å². The third-order valence-electron chi connectivity index (χ3n) is 6.34. The second-order valence-electron chi connectivity index (χ2n) is 10.9. The summed E-state index contributed by atoms with van der Waals surface area (Å²) in [6.45, 7) is 5.96. The molecule has 12 nitrogen and oxygen atoms in total. The maximum atomic E-state index is 13.1. The second kappa shape index (κ2) is 13.2. The number of carbonyl (C=O) groups excluding carboxylic acids is 1. The molecular formula is C30H37N7O5S. The molecule has 43 heavy (non-hydrogen) atoms. The lowest BCUT2D eigenvalue weighted by Gasteiger charge is -2.27. The molecule has 13 heteroatoms. The predicted molar refractivity (Wildman–Crippen MR) is 167 cm³/mol. The van der Waals surface area contributed by atoms with Crippen LogP contribution < -0.4 is 19.7 Å². The van der Waals surface area contributed by atoms with Gasteiger partial charge in [-0.05, 0) is 61.0 Å². The second-order valence-corrected chi connectivity index (χ2v) is 13.0. The smallest absolute Gasteiger partial charge is 0.324 e. The number of nitrogens with zero attached hydrogens (tertiary/aromatic N) is 5. The largest absolute Gasteiger partial charge is 0.457 e. The summed E-state index contributed by atoms with van der Waals surface area (Å²) in [6, 6.07) is 18.6. The summed E-state index contributed by atoms with van der Waals surface area (Å²) in [5.74, 6) is 1.65. The zero-order chi connectivity index (χ0) is 31.2. The van der Waals surface area contributed by atoms with Crippen LogP contribution in [0.15, 0.2) is 79.1 Å². The van der Waals surface area contributed by atoms with Gasteiger partial charge in [-0.3, -0.25) is 14.6 Å². The molecule has 2 amide bonds. The van der Waals surface area contributed by atoms with Gasteiger partial charge in [0.1, 0.15) is 17.3 Å². The highest BCUT2D eigenvalue weighted by Gasteiger charge is 2.26. The maximum absolute atomic E-state index is 13.1. The monoisotopic (exact) mass is 607 g/mol. The number of aliphatic hydroxyl groups excluding tert-OH is 1. The summed E-state index contributed by atoms with van der Waals surface area (Å²) in [5.41, 5.74) is 1.89. The van der Waals surface area contributed by atoms with E-state index < -0.39 is 16.2 Å².